The van der Waals surface area contributed by atoms with Gasteiger partial charge in [-0.25, -0.2) is 9.97 Å². The van der Waals surface area contributed by atoms with Crippen LogP contribution in [0.5, 0.6) is 0 Å². The van der Waals surface area contributed by atoms with Gasteiger partial charge in [-0.05, 0) is 87.9 Å². The fourth-order valence-electron chi connectivity index (χ4n) is 9.32. The van der Waals surface area contributed by atoms with Crippen LogP contribution in [0.1, 0.15) is 12.1 Å². The molecule has 12 rings (SSSR count). The minimum Gasteiger partial charge on any atom is -0.309 e. The van der Waals surface area contributed by atoms with Gasteiger partial charge < -0.3 is 4.57 Å². The first-order valence-corrected chi connectivity index (χ1v) is 19.6. The average molecular weight is 727 g/mol. The SMILES string of the molecule is C1=CC2=C3C(=CC=C4C=CC(c5cc(-c6ccc(-n7c8ccccc8c8ccccc87)cc6)nc(-c6ccc(-c7ccnc8ccccc78)cc6)n5)=C(C=C2)C43)C1. The van der Waals surface area contributed by atoms with Crippen molar-refractivity contribution in [2.24, 2.45) is 5.92 Å². The number of allylic oxidation sites excluding steroid dienone is 14. The van der Waals surface area contributed by atoms with Crippen LogP contribution >= 0.6 is 0 Å². The maximum atomic E-state index is 5.36. The second kappa shape index (κ2) is 12.6. The van der Waals surface area contributed by atoms with Crippen LogP contribution in [-0.4, -0.2) is 19.5 Å². The van der Waals surface area contributed by atoms with Crippen LogP contribution in [0.4, 0.5) is 0 Å². The minimum atomic E-state index is 0.205. The molecule has 0 spiro atoms. The molecule has 57 heavy (non-hydrogen) atoms. The highest BCUT2D eigenvalue weighted by molar-refractivity contribution is 6.09. The average Bonchev–Trinajstić information content (AvgIpc) is 3.62. The fraction of sp³-hybridized carbons (Fsp3) is 0.0377. The molecule has 8 aromatic rings. The number of pyridine rings is 1. The predicted molar refractivity (Wildman–Crippen MR) is 234 cm³/mol. The van der Waals surface area contributed by atoms with Crippen molar-refractivity contribution in [1.82, 2.24) is 19.5 Å². The van der Waals surface area contributed by atoms with Crippen molar-refractivity contribution in [3.63, 3.8) is 0 Å². The third-order valence-electron chi connectivity index (χ3n) is 12.0. The lowest BCUT2D eigenvalue weighted by Gasteiger charge is -2.36. The monoisotopic (exact) mass is 726 g/mol. The van der Waals surface area contributed by atoms with Gasteiger partial charge in [-0.2, -0.15) is 0 Å². The van der Waals surface area contributed by atoms with E-state index in [0.29, 0.717) is 5.82 Å². The molecule has 0 bridgehead atoms. The van der Waals surface area contributed by atoms with E-state index in [1.165, 1.54) is 49.7 Å². The smallest absolute Gasteiger partial charge is 0.160 e. The van der Waals surface area contributed by atoms with Crippen LogP contribution < -0.4 is 0 Å². The Morgan fingerprint density at radius 1 is 0.561 bits per heavy atom. The maximum absolute atomic E-state index is 5.36. The summed E-state index contributed by atoms with van der Waals surface area (Å²) in [5.74, 6) is 0.907. The first kappa shape index (κ1) is 31.9. The Morgan fingerprint density at radius 2 is 1.26 bits per heavy atom. The van der Waals surface area contributed by atoms with E-state index in [1.807, 2.05) is 12.3 Å². The Kier molecular flexibility index (Phi) is 7.02. The van der Waals surface area contributed by atoms with Gasteiger partial charge >= 0.3 is 0 Å². The van der Waals surface area contributed by atoms with E-state index in [4.69, 9.17) is 9.97 Å². The Bertz CT molecular complexity index is 3180. The van der Waals surface area contributed by atoms with Crippen LogP contribution in [0.15, 0.2) is 216 Å². The quantitative estimate of drug-likeness (QED) is 0.177. The summed E-state index contributed by atoms with van der Waals surface area (Å²) in [6, 6.07) is 47.3. The van der Waals surface area contributed by atoms with Crippen molar-refractivity contribution >= 4 is 38.3 Å². The number of hydrogen-bond acceptors (Lipinski definition) is 3. The summed E-state index contributed by atoms with van der Waals surface area (Å²) >= 11 is 0. The number of aromatic nitrogens is 4. The van der Waals surface area contributed by atoms with Crippen LogP contribution in [-0.2, 0) is 0 Å². The Balaban J connectivity index is 0.998. The molecule has 3 aromatic heterocycles. The molecule has 0 saturated carbocycles. The van der Waals surface area contributed by atoms with Gasteiger partial charge in [0.2, 0.25) is 0 Å². The molecule has 4 heteroatoms. The number of benzene rings is 5. The van der Waals surface area contributed by atoms with E-state index in [1.54, 1.807) is 0 Å². The predicted octanol–water partition coefficient (Wildman–Crippen LogP) is 12.8. The summed E-state index contributed by atoms with van der Waals surface area (Å²) in [7, 11) is 0. The molecule has 5 aromatic carbocycles. The van der Waals surface area contributed by atoms with Gasteiger partial charge in [0, 0.05) is 50.7 Å². The van der Waals surface area contributed by atoms with Crippen LogP contribution in [0.2, 0.25) is 0 Å². The largest absolute Gasteiger partial charge is 0.309 e. The van der Waals surface area contributed by atoms with E-state index >= 15 is 0 Å². The molecule has 0 N–H and O–H groups in total. The lowest BCUT2D eigenvalue weighted by molar-refractivity contribution is 0.834. The molecule has 1 unspecified atom stereocenters. The first-order chi connectivity index (χ1) is 28.2. The molecule has 3 heterocycles. The summed E-state index contributed by atoms with van der Waals surface area (Å²) in [6.45, 7) is 0. The number of hydrogen-bond donors (Lipinski definition) is 0. The summed E-state index contributed by atoms with van der Waals surface area (Å²) < 4.78 is 2.36. The van der Waals surface area contributed by atoms with Crippen molar-refractivity contribution in [1.29, 1.82) is 0 Å². The molecule has 4 nitrogen and oxygen atoms in total. The Labute approximate surface area is 330 Å². The zero-order valence-corrected chi connectivity index (χ0v) is 31.0. The van der Waals surface area contributed by atoms with Crippen molar-refractivity contribution in [3.8, 4) is 39.5 Å². The minimum absolute atomic E-state index is 0.205. The second-order valence-electron chi connectivity index (χ2n) is 15.1. The molecule has 0 aliphatic heterocycles. The van der Waals surface area contributed by atoms with Crippen LogP contribution in [0, 0.1) is 5.92 Å². The summed E-state index contributed by atoms with van der Waals surface area (Å²) in [5, 5.41) is 3.64. The molecular formula is C53H34N4. The molecule has 0 fully saturated rings. The van der Waals surface area contributed by atoms with Gasteiger partial charge in [-0.1, -0.05) is 140 Å². The van der Waals surface area contributed by atoms with Crippen LogP contribution in [0.25, 0.3) is 77.7 Å². The molecular weight excluding hydrogens is 693 g/mol. The number of para-hydroxylation sites is 3. The molecule has 0 saturated heterocycles. The van der Waals surface area contributed by atoms with Gasteiger partial charge in [0.25, 0.3) is 0 Å². The third-order valence-corrected chi connectivity index (χ3v) is 12.0. The van der Waals surface area contributed by atoms with Crippen molar-refractivity contribution < 1.29 is 0 Å². The zero-order valence-electron chi connectivity index (χ0n) is 31.0. The van der Waals surface area contributed by atoms with E-state index in [2.05, 4.69) is 186 Å². The Morgan fingerprint density at radius 3 is 2.07 bits per heavy atom. The maximum Gasteiger partial charge on any atom is 0.160 e. The standard InChI is InChI=1S/C53H34N4/c1-4-13-46-41(10-1)40(30-31-54-46)33-16-20-38(21-17-33)53-55-47(34-22-26-39(27-23-34)57-49-14-5-2-11-43(49)44-12-3-6-15-50(44)57)32-48(56-53)42-28-24-37-19-18-35-8-7-9-36-25-29-45(42)52(37)51(35)36/h1-7,9-32,52H,8H2. The van der Waals surface area contributed by atoms with E-state index in [-0.39, 0.29) is 5.92 Å². The number of nitrogens with zero attached hydrogens (tertiary/aromatic N) is 4. The van der Waals surface area contributed by atoms with Gasteiger partial charge in [0.1, 0.15) is 0 Å². The van der Waals surface area contributed by atoms with E-state index in [0.717, 1.165) is 62.2 Å². The number of rotatable bonds is 5. The lowest BCUT2D eigenvalue weighted by atomic mass is 9.67. The van der Waals surface area contributed by atoms with E-state index < -0.39 is 0 Å². The lowest BCUT2D eigenvalue weighted by Crippen LogP contribution is -2.22. The molecule has 4 aliphatic rings. The first-order valence-electron chi connectivity index (χ1n) is 19.6. The third kappa shape index (κ3) is 5.04. The number of fused-ring (bicyclic) bond motifs is 4. The highest BCUT2D eigenvalue weighted by Gasteiger charge is 2.34. The summed E-state index contributed by atoms with van der Waals surface area (Å²) in [4.78, 5) is 15.2. The highest BCUT2D eigenvalue weighted by atomic mass is 15.0. The van der Waals surface area contributed by atoms with Crippen molar-refractivity contribution in [2.75, 3.05) is 0 Å². The van der Waals surface area contributed by atoms with Crippen molar-refractivity contribution in [3.05, 3.63) is 222 Å². The summed E-state index contributed by atoms with van der Waals surface area (Å²) in [5.41, 5.74) is 18.5. The van der Waals surface area contributed by atoms with Gasteiger partial charge in [0.15, 0.2) is 5.82 Å². The van der Waals surface area contributed by atoms with Crippen molar-refractivity contribution in [2.45, 2.75) is 6.42 Å². The van der Waals surface area contributed by atoms with Crippen LogP contribution in [0.3, 0.4) is 0 Å². The molecule has 1 atom stereocenters. The fourth-order valence-corrected chi connectivity index (χ4v) is 9.32. The second-order valence-corrected chi connectivity index (χ2v) is 15.1. The van der Waals surface area contributed by atoms with Gasteiger partial charge in [-0.15, -0.1) is 0 Å². The molecule has 4 aliphatic carbocycles. The zero-order chi connectivity index (χ0) is 37.5. The van der Waals surface area contributed by atoms with Gasteiger partial charge in [-0.3, -0.25) is 4.98 Å². The van der Waals surface area contributed by atoms with Gasteiger partial charge in [0.05, 0.1) is 27.9 Å². The molecule has 0 amide bonds. The Hall–Kier alpha value is -7.43. The topological polar surface area (TPSA) is 43.6 Å². The molecule has 266 valence electrons. The normalized spacial score (nSPS) is 16.7. The summed E-state index contributed by atoms with van der Waals surface area (Å²) in [6.07, 6.45) is 21.2. The van der Waals surface area contributed by atoms with E-state index in [9.17, 15) is 0 Å². The highest BCUT2D eigenvalue weighted by Crippen LogP contribution is 2.49. The molecule has 0 radical (unpaired) electrons.